The third-order valence-corrected chi connectivity index (χ3v) is 3.56. The van der Waals surface area contributed by atoms with Gasteiger partial charge in [0, 0.05) is 22.7 Å². The van der Waals surface area contributed by atoms with E-state index in [4.69, 9.17) is 0 Å². The normalized spacial score (nSPS) is 12.4. The lowest BCUT2D eigenvalue weighted by atomic mass is 10.1. The Morgan fingerprint density at radius 3 is 2.20 bits per heavy atom. The van der Waals surface area contributed by atoms with Gasteiger partial charge in [0.1, 0.15) is 5.69 Å². The highest BCUT2D eigenvalue weighted by atomic mass is 19.4. The number of pyridine rings is 1. The van der Waals surface area contributed by atoms with Gasteiger partial charge in [0.15, 0.2) is 5.43 Å². The van der Waals surface area contributed by atoms with Crippen LogP contribution < -0.4 is 5.43 Å². The summed E-state index contributed by atoms with van der Waals surface area (Å²) in [5.41, 5.74) is 1.05. The number of hydrogen-bond acceptors (Lipinski definition) is 1. The number of aromatic amines is 2. The lowest BCUT2D eigenvalue weighted by molar-refractivity contribution is -0.141. The summed E-state index contributed by atoms with van der Waals surface area (Å²) in [7, 11) is 0. The third-order valence-electron chi connectivity index (χ3n) is 3.56. The van der Waals surface area contributed by atoms with E-state index in [0.29, 0.717) is 11.5 Å². The zero-order valence-electron chi connectivity index (χ0n) is 10.8. The van der Waals surface area contributed by atoms with Crippen molar-refractivity contribution in [2.24, 2.45) is 0 Å². The van der Waals surface area contributed by atoms with Gasteiger partial charge in [-0.05, 0) is 31.5 Å². The summed E-state index contributed by atoms with van der Waals surface area (Å²) in [6.07, 6.45) is -4.56. The first kappa shape index (κ1) is 12.8. The quantitative estimate of drug-likeness (QED) is 0.649. The van der Waals surface area contributed by atoms with Gasteiger partial charge in [0.05, 0.1) is 10.9 Å². The Morgan fingerprint density at radius 2 is 1.60 bits per heavy atom. The SMILES string of the molecule is Cc1[nH]c2ccc3[nH]c(C(F)(F)F)cc(=O)c3c2c1C. The van der Waals surface area contributed by atoms with Gasteiger partial charge in [-0.1, -0.05) is 0 Å². The topological polar surface area (TPSA) is 48.6 Å². The molecule has 0 saturated carbocycles. The molecule has 2 aromatic heterocycles. The van der Waals surface area contributed by atoms with Crippen molar-refractivity contribution in [3.8, 4) is 0 Å². The Hall–Kier alpha value is -2.24. The summed E-state index contributed by atoms with van der Waals surface area (Å²) >= 11 is 0. The molecule has 3 aromatic rings. The van der Waals surface area contributed by atoms with Crippen LogP contribution in [0, 0.1) is 13.8 Å². The summed E-state index contributed by atoms with van der Waals surface area (Å²) in [6, 6.07) is 3.78. The summed E-state index contributed by atoms with van der Waals surface area (Å²) in [5.74, 6) is 0. The minimum absolute atomic E-state index is 0.194. The number of alkyl halides is 3. The minimum Gasteiger partial charge on any atom is -0.358 e. The van der Waals surface area contributed by atoms with Gasteiger partial charge < -0.3 is 9.97 Å². The Balaban J connectivity index is 2.50. The summed E-state index contributed by atoms with van der Waals surface area (Å²) in [6.45, 7) is 3.70. The van der Waals surface area contributed by atoms with Crippen LogP contribution in [0.4, 0.5) is 13.2 Å². The smallest absolute Gasteiger partial charge is 0.358 e. The number of hydrogen-bond donors (Lipinski definition) is 2. The van der Waals surface area contributed by atoms with Gasteiger partial charge in [-0.2, -0.15) is 13.2 Å². The van der Waals surface area contributed by atoms with Gasteiger partial charge >= 0.3 is 6.18 Å². The molecule has 0 radical (unpaired) electrons. The van der Waals surface area contributed by atoms with Crippen LogP contribution in [-0.2, 0) is 6.18 Å². The molecule has 1 aromatic carbocycles. The van der Waals surface area contributed by atoms with Crippen LogP contribution in [0.3, 0.4) is 0 Å². The van der Waals surface area contributed by atoms with Gasteiger partial charge in [0.25, 0.3) is 0 Å². The second kappa shape index (κ2) is 3.88. The van der Waals surface area contributed by atoms with Crippen LogP contribution in [0.15, 0.2) is 23.0 Å². The standard InChI is InChI=1S/C14H11F3N2O/c1-6-7(2)18-8-3-4-9-13(12(6)8)10(20)5-11(19-9)14(15,16)17/h3-5,18H,1-2H3,(H,19,20). The first-order valence-corrected chi connectivity index (χ1v) is 6.01. The number of benzene rings is 1. The Kier molecular flexibility index (Phi) is 2.48. The maximum atomic E-state index is 12.7. The van der Waals surface area contributed by atoms with Crippen molar-refractivity contribution < 1.29 is 13.2 Å². The molecule has 3 nitrogen and oxygen atoms in total. The number of aromatic nitrogens is 2. The average molecular weight is 280 g/mol. The predicted octanol–water partition coefficient (Wildman–Crippen LogP) is 3.65. The Labute approximate surface area is 111 Å². The number of aryl methyl sites for hydroxylation is 2. The van der Waals surface area contributed by atoms with Crippen molar-refractivity contribution >= 4 is 21.8 Å². The molecule has 0 aliphatic carbocycles. The highest BCUT2D eigenvalue weighted by Gasteiger charge is 2.32. The van der Waals surface area contributed by atoms with E-state index < -0.39 is 17.3 Å². The molecule has 0 fully saturated rings. The van der Waals surface area contributed by atoms with Gasteiger partial charge in [-0.15, -0.1) is 0 Å². The molecule has 0 spiro atoms. The molecule has 6 heteroatoms. The van der Waals surface area contributed by atoms with Crippen LogP contribution in [0.1, 0.15) is 17.0 Å². The number of rotatable bonds is 0. The van der Waals surface area contributed by atoms with Crippen LogP contribution in [0.2, 0.25) is 0 Å². The van der Waals surface area contributed by atoms with E-state index in [1.165, 1.54) is 6.07 Å². The molecule has 0 aliphatic heterocycles. The molecule has 104 valence electrons. The van der Waals surface area contributed by atoms with Crippen molar-refractivity contribution in [2.75, 3.05) is 0 Å². The Morgan fingerprint density at radius 1 is 1.00 bits per heavy atom. The highest BCUT2D eigenvalue weighted by Crippen LogP contribution is 2.31. The van der Waals surface area contributed by atoms with Crippen molar-refractivity contribution in [2.45, 2.75) is 20.0 Å². The fourth-order valence-corrected chi connectivity index (χ4v) is 2.48. The number of halogens is 3. The molecule has 3 rings (SSSR count). The van der Waals surface area contributed by atoms with Crippen molar-refractivity contribution in [3.63, 3.8) is 0 Å². The van der Waals surface area contributed by atoms with E-state index >= 15 is 0 Å². The highest BCUT2D eigenvalue weighted by molar-refractivity contribution is 6.07. The van der Waals surface area contributed by atoms with Crippen molar-refractivity contribution in [1.29, 1.82) is 0 Å². The predicted molar refractivity (Wildman–Crippen MR) is 70.9 cm³/mol. The zero-order chi connectivity index (χ0) is 14.7. The zero-order valence-corrected chi connectivity index (χ0v) is 10.8. The van der Waals surface area contributed by atoms with E-state index in [1.54, 1.807) is 6.07 Å². The summed E-state index contributed by atoms with van der Waals surface area (Å²) in [5, 5.41) is 0.965. The van der Waals surface area contributed by atoms with Gasteiger partial charge in [-0.25, -0.2) is 0 Å². The van der Waals surface area contributed by atoms with Gasteiger partial charge in [0.2, 0.25) is 0 Å². The molecule has 20 heavy (non-hydrogen) atoms. The summed E-state index contributed by atoms with van der Waals surface area (Å²) in [4.78, 5) is 17.5. The monoisotopic (exact) mass is 280 g/mol. The maximum absolute atomic E-state index is 12.7. The molecule has 0 amide bonds. The molecule has 0 aliphatic rings. The van der Waals surface area contributed by atoms with E-state index in [-0.39, 0.29) is 10.9 Å². The van der Waals surface area contributed by atoms with Crippen molar-refractivity contribution in [3.05, 3.63) is 45.4 Å². The van der Waals surface area contributed by atoms with E-state index in [9.17, 15) is 18.0 Å². The first-order valence-electron chi connectivity index (χ1n) is 6.01. The maximum Gasteiger partial charge on any atom is 0.431 e. The first-order chi connectivity index (χ1) is 9.29. The molecule has 0 bridgehead atoms. The molecule has 2 N–H and O–H groups in total. The second-order valence-electron chi connectivity index (χ2n) is 4.83. The second-order valence-corrected chi connectivity index (χ2v) is 4.83. The Bertz CT molecular complexity index is 887. The number of nitrogens with one attached hydrogen (secondary N) is 2. The lowest BCUT2D eigenvalue weighted by Gasteiger charge is -2.08. The molecule has 2 heterocycles. The molecular formula is C14H11F3N2O. The van der Waals surface area contributed by atoms with E-state index in [0.717, 1.165) is 16.8 Å². The number of fused-ring (bicyclic) bond motifs is 3. The molecular weight excluding hydrogens is 269 g/mol. The van der Waals surface area contributed by atoms with Crippen LogP contribution in [-0.4, -0.2) is 9.97 Å². The largest absolute Gasteiger partial charge is 0.431 e. The number of H-pyrrole nitrogens is 2. The lowest BCUT2D eigenvalue weighted by Crippen LogP contribution is -2.14. The molecule has 0 saturated heterocycles. The van der Waals surface area contributed by atoms with E-state index in [1.807, 2.05) is 13.8 Å². The fraction of sp³-hybridized carbons (Fsp3) is 0.214. The minimum atomic E-state index is -4.56. The molecule has 0 atom stereocenters. The summed E-state index contributed by atoms with van der Waals surface area (Å²) < 4.78 is 38.2. The van der Waals surface area contributed by atoms with Crippen LogP contribution in [0.5, 0.6) is 0 Å². The van der Waals surface area contributed by atoms with Crippen LogP contribution >= 0.6 is 0 Å². The molecule has 0 unspecified atom stereocenters. The third kappa shape index (κ3) is 1.71. The van der Waals surface area contributed by atoms with E-state index in [2.05, 4.69) is 9.97 Å². The van der Waals surface area contributed by atoms with Gasteiger partial charge in [-0.3, -0.25) is 4.79 Å². The fourth-order valence-electron chi connectivity index (χ4n) is 2.48. The van der Waals surface area contributed by atoms with Crippen molar-refractivity contribution in [1.82, 2.24) is 9.97 Å². The van der Waals surface area contributed by atoms with Crippen LogP contribution in [0.25, 0.3) is 21.8 Å². The average Bonchev–Trinajstić information content (AvgIpc) is 2.64.